The second kappa shape index (κ2) is 6.78. The van der Waals surface area contributed by atoms with E-state index in [1.165, 1.54) is 10.9 Å². The number of hydrogen-bond donors (Lipinski definition) is 3. The van der Waals surface area contributed by atoms with Crippen molar-refractivity contribution >= 4 is 5.69 Å². The molecule has 1 aliphatic rings. The largest absolute Gasteiger partial charge is 0.392 e. The molecule has 1 fully saturated rings. The van der Waals surface area contributed by atoms with E-state index < -0.39 is 11.0 Å². The van der Waals surface area contributed by atoms with Crippen LogP contribution in [0.5, 0.6) is 0 Å². The number of rotatable bonds is 6. The highest BCUT2D eigenvalue weighted by atomic mass is 16.6. The lowest BCUT2D eigenvalue weighted by atomic mass is 9.92. The predicted molar refractivity (Wildman–Crippen MR) is 71.2 cm³/mol. The molecule has 112 valence electrons. The average molecular weight is 284 g/mol. The van der Waals surface area contributed by atoms with Crippen LogP contribution in [0.4, 0.5) is 5.69 Å². The molecule has 0 amide bonds. The molecule has 1 aliphatic carbocycles. The highest BCUT2D eigenvalue weighted by molar-refractivity contribution is 5.20. The van der Waals surface area contributed by atoms with Crippen molar-refractivity contribution in [3.63, 3.8) is 0 Å². The molecule has 2 rings (SSSR count). The molecule has 3 atom stereocenters. The zero-order chi connectivity index (χ0) is 14.5. The fraction of sp³-hybridized carbons (Fsp3) is 0.750. The van der Waals surface area contributed by atoms with E-state index in [0.717, 1.165) is 31.9 Å². The van der Waals surface area contributed by atoms with Crippen LogP contribution >= 0.6 is 0 Å². The highest BCUT2D eigenvalue weighted by Crippen LogP contribution is 2.18. The Morgan fingerprint density at radius 3 is 2.95 bits per heavy atom. The molecule has 1 aromatic rings. The second-order valence-electron chi connectivity index (χ2n) is 5.20. The Morgan fingerprint density at radius 2 is 2.30 bits per heavy atom. The summed E-state index contributed by atoms with van der Waals surface area (Å²) in [6, 6.07) is 0.0188. The average Bonchev–Trinajstić information content (AvgIpc) is 2.86. The minimum Gasteiger partial charge on any atom is -0.392 e. The SMILES string of the molecule is O=[N+]([O-])c1cnn(CC(O)CN[C@@H]2CCCC[C@@H]2O)c1. The molecule has 8 heteroatoms. The summed E-state index contributed by atoms with van der Waals surface area (Å²) < 4.78 is 1.35. The molecule has 1 saturated carbocycles. The van der Waals surface area contributed by atoms with Crippen LogP contribution in [-0.4, -0.2) is 49.7 Å². The van der Waals surface area contributed by atoms with Gasteiger partial charge < -0.3 is 15.5 Å². The van der Waals surface area contributed by atoms with Gasteiger partial charge in [-0.3, -0.25) is 14.8 Å². The summed E-state index contributed by atoms with van der Waals surface area (Å²) in [4.78, 5) is 10.00. The Kier molecular flexibility index (Phi) is 5.05. The van der Waals surface area contributed by atoms with Crippen LogP contribution in [0.3, 0.4) is 0 Å². The van der Waals surface area contributed by atoms with Crippen molar-refractivity contribution in [1.29, 1.82) is 0 Å². The zero-order valence-electron chi connectivity index (χ0n) is 11.2. The fourth-order valence-electron chi connectivity index (χ4n) is 2.46. The maximum atomic E-state index is 10.5. The first-order valence-corrected chi connectivity index (χ1v) is 6.82. The molecular weight excluding hydrogens is 264 g/mol. The third kappa shape index (κ3) is 3.99. The van der Waals surface area contributed by atoms with Gasteiger partial charge in [0.15, 0.2) is 0 Å². The van der Waals surface area contributed by atoms with E-state index in [0.29, 0.717) is 6.54 Å². The first-order valence-electron chi connectivity index (χ1n) is 6.82. The van der Waals surface area contributed by atoms with Crippen LogP contribution < -0.4 is 5.32 Å². The topological polar surface area (TPSA) is 113 Å². The van der Waals surface area contributed by atoms with Gasteiger partial charge in [-0.25, -0.2) is 0 Å². The van der Waals surface area contributed by atoms with Crippen molar-refractivity contribution in [2.24, 2.45) is 0 Å². The van der Waals surface area contributed by atoms with Crippen LogP contribution in [0, 0.1) is 10.1 Å². The monoisotopic (exact) mass is 284 g/mol. The minimum absolute atomic E-state index is 0.0188. The van der Waals surface area contributed by atoms with Gasteiger partial charge in [-0.15, -0.1) is 0 Å². The number of nitro groups is 1. The molecular formula is C12H20N4O4. The summed E-state index contributed by atoms with van der Waals surface area (Å²) in [6.07, 6.45) is 5.20. The number of hydrogen-bond acceptors (Lipinski definition) is 6. The Hall–Kier alpha value is -1.51. The molecule has 1 heterocycles. The summed E-state index contributed by atoms with van der Waals surface area (Å²) in [5.41, 5.74) is -0.0899. The fourth-order valence-corrected chi connectivity index (χ4v) is 2.46. The van der Waals surface area contributed by atoms with Gasteiger partial charge in [0.25, 0.3) is 0 Å². The Bertz CT molecular complexity index is 450. The van der Waals surface area contributed by atoms with E-state index in [-0.39, 0.29) is 24.4 Å². The molecule has 0 radical (unpaired) electrons. The lowest BCUT2D eigenvalue weighted by molar-refractivity contribution is -0.385. The standard InChI is InChI=1S/C12H20N4O4/c17-10(6-13-11-3-1-2-4-12(11)18)8-15-7-9(5-14-15)16(19)20/h5,7,10-13,17-18H,1-4,6,8H2/t10?,11-,12+/m1/s1. The summed E-state index contributed by atoms with van der Waals surface area (Å²) in [5.74, 6) is 0. The maximum Gasteiger partial charge on any atom is 0.306 e. The van der Waals surface area contributed by atoms with Gasteiger partial charge in [0.05, 0.1) is 23.7 Å². The number of aliphatic hydroxyl groups excluding tert-OH is 2. The summed E-state index contributed by atoms with van der Waals surface area (Å²) in [5, 5.41) is 37.2. The molecule has 1 aromatic heterocycles. The van der Waals surface area contributed by atoms with Crippen molar-refractivity contribution < 1.29 is 15.1 Å². The molecule has 0 bridgehead atoms. The van der Waals surface area contributed by atoms with E-state index in [9.17, 15) is 20.3 Å². The first-order chi connectivity index (χ1) is 9.56. The van der Waals surface area contributed by atoms with Gasteiger partial charge in [0.2, 0.25) is 0 Å². The molecule has 0 saturated heterocycles. The van der Waals surface area contributed by atoms with Crippen molar-refractivity contribution in [3.05, 3.63) is 22.5 Å². The van der Waals surface area contributed by atoms with Gasteiger partial charge in [0, 0.05) is 12.6 Å². The van der Waals surface area contributed by atoms with Crippen LogP contribution in [0.15, 0.2) is 12.4 Å². The molecule has 8 nitrogen and oxygen atoms in total. The summed E-state index contributed by atoms with van der Waals surface area (Å²) in [7, 11) is 0. The molecule has 3 N–H and O–H groups in total. The smallest absolute Gasteiger partial charge is 0.306 e. The number of aliphatic hydroxyl groups is 2. The molecule has 20 heavy (non-hydrogen) atoms. The Balaban J connectivity index is 1.76. The minimum atomic E-state index is -0.705. The van der Waals surface area contributed by atoms with Crippen molar-refractivity contribution in [1.82, 2.24) is 15.1 Å². The maximum absolute atomic E-state index is 10.5. The van der Waals surface area contributed by atoms with Crippen LogP contribution in [0.25, 0.3) is 0 Å². The lowest BCUT2D eigenvalue weighted by Crippen LogP contribution is -2.45. The molecule has 0 aliphatic heterocycles. The lowest BCUT2D eigenvalue weighted by Gasteiger charge is -2.29. The zero-order valence-corrected chi connectivity index (χ0v) is 11.2. The summed E-state index contributed by atoms with van der Waals surface area (Å²) >= 11 is 0. The highest BCUT2D eigenvalue weighted by Gasteiger charge is 2.23. The van der Waals surface area contributed by atoms with Crippen molar-refractivity contribution in [2.45, 2.75) is 50.5 Å². The van der Waals surface area contributed by atoms with Crippen LogP contribution in [0.2, 0.25) is 0 Å². The quantitative estimate of drug-likeness (QED) is 0.502. The van der Waals surface area contributed by atoms with Crippen LogP contribution in [0.1, 0.15) is 25.7 Å². The van der Waals surface area contributed by atoms with Gasteiger partial charge in [-0.1, -0.05) is 12.8 Å². The first kappa shape index (κ1) is 14.9. The van der Waals surface area contributed by atoms with Gasteiger partial charge in [-0.05, 0) is 12.8 Å². The van der Waals surface area contributed by atoms with E-state index in [2.05, 4.69) is 10.4 Å². The van der Waals surface area contributed by atoms with Crippen LogP contribution in [-0.2, 0) is 6.54 Å². The Labute approximate surface area is 116 Å². The third-order valence-electron chi connectivity index (χ3n) is 3.57. The predicted octanol–water partition coefficient (Wildman–Crippen LogP) is 0.0453. The molecule has 0 spiro atoms. The van der Waals surface area contributed by atoms with E-state index in [1.807, 2.05) is 0 Å². The molecule has 0 aromatic carbocycles. The number of nitrogens with one attached hydrogen (secondary N) is 1. The number of aromatic nitrogens is 2. The van der Waals surface area contributed by atoms with E-state index >= 15 is 0 Å². The van der Waals surface area contributed by atoms with Crippen molar-refractivity contribution in [3.8, 4) is 0 Å². The third-order valence-corrected chi connectivity index (χ3v) is 3.57. The van der Waals surface area contributed by atoms with Gasteiger partial charge in [0.1, 0.15) is 12.4 Å². The Morgan fingerprint density at radius 1 is 1.55 bits per heavy atom. The number of nitrogens with zero attached hydrogens (tertiary/aromatic N) is 3. The van der Waals surface area contributed by atoms with E-state index in [4.69, 9.17) is 0 Å². The van der Waals surface area contributed by atoms with Gasteiger partial charge >= 0.3 is 5.69 Å². The second-order valence-corrected chi connectivity index (χ2v) is 5.20. The summed E-state index contributed by atoms with van der Waals surface area (Å²) in [6.45, 7) is 0.513. The normalized spacial score (nSPS) is 24.5. The molecule has 1 unspecified atom stereocenters. The van der Waals surface area contributed by atoms with Crippen molar-refractivity contribution in [2.75, 3.05) is 6.54 Å². The van der Waals surface area contributed by atoms with Gasteiger partial charge in [-0.2, -0.15) is 5.10 Å². The van der Waals surface area contributed by atoms with E-state index in [1.54, 1.807) is 0 Å².